The van der Waals surface area contributed by atoms with E-state index in [0.29, 0.717) is 6.04 Å². The first kappa shape index (κ1) is 13.4. The molecule has 0 atom stereocenters. The van der Waals surface area contributed by atoms with E-state index in [9.17, 15) is 0 Å². The zero-order valence-electron chi connectivity index (χ0n) is 12.4. The highest BCUT2D eigenvalue weighted by Crippen LogP contribution is 2.34. The zero-order valence-corrected chi connectivity index (χ0v) is 12.4. The van der Waals surface area contributed by atoms with Crippen LogP contribution >= 0.6 is 0 Å². The standard InChI is InChI=1S/C19H23N/c1-14(2)11-12-20-19-17-9-5-3-7-15(17)13-16-8-4-6-10-18(16)19/h3-10,14,19-20H,11-13H2,1-2H3. The topological polar surface area (TPSA) is 12.0 Å². The molecule has 0 saturated heterocycles. The highest BCUT2D eigenvalue weighted by molar-refractivity contribution is 5.48. The molecule has 1 aliphatic carbocycles. The van der Waals surface area contributed by atoms with Crippen molar-refractivity contribution < 1.29 is 0 Å². The fourth-order valence-corrected chi connectivity index (χ4v) is 3.06. The minimum absolute atomic E-state index is 0.356. The van der Waals surface area contributed by atoms with Crippen molar-refractivity contribution in [2.75, 3.05) is 6.54 Å². The van der Waals surface area contributed by atoms with Gasteiger partial charge in [-0.15, -0.1) is 0 Å². The monoisotopic (exact) mass is 265 g/mol. The summed E-state index contributed by atoms with van der Waals surface area (Å²) in [7, 11) is 0. The van der Waals surface area contributed by atoms with Gasteiger partial charge in [0.25, 0.3) is 0 Å². The Balaban J connectivity index is 1.91. The molecular weight excluding hydrogens is 242 g/mol. The third-order valence-corrected chi connectivity index (χ3v) is 4.18. The third-order valence-electron chi connectivity index (χ3n) is 4.18. The van der Waals surface area contributed by atoms with E-state index in [1.165, 1.54) is 28.7 Å². The summed E-state index contributed by atoms with van der Waals surface area (Å²) < 4.78 is 0. The Bertz CT molecular complexity index is 540. The number of hydrogen-bond donors (Lipinski definition) is 1. The van der Waals surface area contributed by atoms with E-state index in [0.717, 1.165) is 18.9 Å². The molecule has 0 heterocycles. The van der Waals surface area contributed by atoms with Gasteiger partial charge in [-0.1, -0.05) is 62.4 Å². The third kappa shape index (κ3) is 2.64. The number of nitrogens with one attached hydrogen (secondary N) is 1. The molecule has 0 amide bonds. The van der Waals surface area contributed by atoms with Crippen molar-refractivity contribution in [1.29, 1.82) is 0 Å². The number of rotatable bonds is 4. The maximum absolute atomic E-state index is 3.77. The summed E-state index contributed by atoms with van der Waals surface area (Å²) in [6.07, 6.45) is 2.29. The lowest BCUT2D eigenvalue weighted by Crippen LogP contribution is -2.28. The second-order valence-electron chi connectivity index (χ2n) is 6.14. The second kappa shape index (κ2) is 5.80. The van der Waals surface area contributed by atoms with E-state index in [1.54, 1.807) is 0 Å². The van der Waals surface area contributed by atoms with Crippen LogP contribution in [0.2, 0.25) is 0 Å². The summed E-state index contributed by atoms with van der Waals surface area (Å²) in [5.41, 5.74) is 5.84. The summed E-state index contributed by atoms with van der Waals surface area (Å²) in [4.78, 5) is 0. The summed E-state index contributed by atoms with van der Waals surface area (Å²) in [5, 5.41) is 3.77. The van der Waals surface area contributed by atoms with Gasteiger partial charge in [-0.05, 0) is 47.6 Å². The summed E-state index contributed by atoms with van der Waals surface area (Å²) in [5.74, 6) is 0.747. The van der Waals surface area contributed by atoms with Crippen LogP contribution in [0.4, 0.5) is 0 Å². The van der Waals surface area contributed by atoms with Crippen molar-refractivity contribution in [3.8, 4) is 0 Å². The molecule has 0 spiro atoms. The van der Waals surface area contributed by atoms with Crippen LogP contribution in [-0.2, 0) is 6.42 Å². The molecule has 20 heavy (non-hydrogen) atoms. The highest BCUT2D eigenvalue weighted by atomic mass is 14.9. The molecule has 1 aliphatic rings. The summed E-state index contributed by atoms with van der Waals surface area (Å²) >= 11 is 0. The quantitative estimate of drug-likeness (QED) is 0.868. The predicted molar refractivity (Wildman–Crippen MR) is 85.0 cm³/mol. The lowest BCUT2D eigenvalue weighted by molar-refractivity contribution is 0.505. The number of hydrogen-bond acceptors (Lipinski definition) is 1. The van der Waals surface area contributed by atoms with Crippen LogP contribution in [0.5, 0.6) is 0 Å². The molecule has 3 rings (SSSR count). The van der Waals surface area contributed by atoms with Gasteiger partial charge in [0.1, 0.15) is 0 Å². The van der Waals surface area contributed by atoms with Crippen molar-refractivity contribution in [3.63, 3.8) is 0 Å². The molecule has 0 saturated carbocycles. The van der Waals surface area contributed by atoms with Crippen molar-refractivity contribution in [1.82, 2.24) is 5.32 Å². The molecule has 0 radical (unpaired) electrons. The Morgan fingerprint density at radius 3 is 2.05 bits per heavy atom. The first-order valence-corrected chi connectivity index (χ1v) is 7.64. The molecule has 1 heteroatoms. The minimum Gasteiger partial charge on any atom is -0.306 e. The molecule has 2 aromatic carbocycles. The average molecular weight is 265 g/mol. The van der Waals surface area contributed by atoms with E-state index in [4.69, 9.17) is 0 Å². The van der Waals surface area contributed by atoms with Crippen LogP contribution in [0.1, 0.15) is 48.6 Å². The fourth-order valence-electron chi connectivity index (χ4n) is 3.06. The maximum atomic E-state index is 3.77. The number of benzene rings is 2. The van der Waals surface area contributed by atoms with Crippen LogP contribution in [0.25, 0.3) is 0 Å². The Kier molecular flexibility index (Phi) is 3.88. The van der Waals surface area contributed by atoms with Crippen molar-refractivity contribution >= 4 is 0 Å². The molecule has 104 valence electrons. The minimum atomic E-state index is 0.356. The van der Waals surface area contributed by atoms with Gasteiger partial charge < -0.3 is 5.32 Å². The van der Waals surface area contributed by atoms with Crippen molar-refractivity contribution in [3.05, 3.63) is 70.8 Å². The average Bonchev–Trinajstić information content (AvgIpc) is 2.46. The van der Waals surface area contributed by atoms with Gasteiger partial charge in [0.05, 0.1) is 6.04 Å². The summed E-state index contributed by atoms with van der Waals surface area (Å²) in [6.45, 7) is 5.64. The lowest BCUT2D eigenvalue weighted by Gasteiger charge is -2.29. The normalized spacial score (nSPS) is 14.2. The van der Waals surface area contributed by atoms with Crippen LogP contribution in [-0.4, -0.2) is 6.54 Å². The molecule has 1 N–H and O–H groups in total. The van der Waals surface area contributed by atoms with E-state index >= 15 is 0 Å². The molecule has 0 bridgehead atoms. The Hall–Kier alpha value is -1.60. The van der Waals surface area contributed by atoms with E-state index in [1.807, 2.05) is 0 Å². The van der Waals surface area contributed by atoms with Crippen LogP contribution in [0.15, 0.2) is 48.5 Å². The molecule has 2 aromatic rings. The molecule has 0 fully saturated rings. The van der Waals surface area contributed by atoms with Crippen molar-refractivity contribution in [2.45, 2.75) is 32.7 Å². The van der Waals surface area contributed by atoms with Gasteiger partial charge >= 0.3 is 0 Å². The molecular formula is C19H23N. The largest absolute Gasteiger partial charge is 0.306 e. The fraction of sp³-hybridized carbons (Fsp3) is 0.368. The zero-order chi connectivity index (χ0) is 13.9. The Morgan fingerprint density at radius 2 is 1.50 bits per heavy atom. The molecule has 0 aliphatic heterocycles. The van der Waals surface area contributed by atoms with Crippen molar-refractivity contribution in [2.24, 2.45) is 5.92 Å². The number of fused-ring (bicyclic) bond motifs is 2. The van der Waals surface area contributed by atoms with Crippen LogP contribution < -0.4 is 5.32 Å². The van der Waals surface area contributed by atoms with Gasteiger partial charge in [0.15, 0.2) is 0 Å². The predicted octanol–water partition coefficient (Wildman–Crippen LogP) is 4.32. The second-order valence-corrected chi connectivity index (χ2v) is 6.14. The van der Waals surface area contributed by atoms with Gasteiger partial charge in [-0.2, -0.15) is 0 Å². The first-order chi connectivity index (χ1) is 9.75. The van der Waals surface area contributed by atoms with Gasteiger partial charge in [-0.25, -0.2) is 0 Å². The van der Waals surface area contributed by atoms with E-state index in [2.05, 4.69) is 67.7 Å². The SMILES string of the molecule is CC(C)CCNC1c2ccccc2Cc2ccccc21. The Morgan fingerprint density at radius 1 is 0.950 bits per heavy atom. The highest BCUT2D eigenvalue weighted by Gasteiger charge is 2.24. The van der Waals surface area contributed by atoms with E-state index in [-0.39, 0.29) is 0 Å². The lowest BCUT2D eigenvalue weighted by atomic mass is 9.82. The summed E-state index contributed by atoms with van der Waals surface area (Å²) in [6, 6.07) is 18.1. The molecule has 0 unspecified atom stereocenters. The molecule has 0 aromatic heterocycles. The Labute approximate surface area is 122 Å². The van der Waals surface area contributed by atoms with Crippen LogP contribution in [0, 0.1) is 5.92 Å². The van der Waals surface area contributed by atoms with E-state index < -0.39 is 0 Å². The van der Waals surface area contributed by atoms with Crippen LogP contribution in [0.3, 0.4) is 0 Å². The van der Waals surface area contributed by atoms with Gasteiger partial charge in [-0.3, -0.25) is 0 Å². The first-order valence-electron chi connectivity index (χ1n) is 7.64. The maximum Gasteiger partial charge on any atom is 0.0582 e. The smallest absolute Gasteiger partial charge is 0.0582 e. The molecule has 1 nitrogen and oxygen atoms in total. The van der Waals surface area contributed by atoms with Gasteiger partial charge in [0, 0.05) is 0 Å². The van der Waals surface area contributed by atoms with Gasteiger partial charge in [0.2, 0.25) is 0 Å².